The lowest BCUT2D eigenvalue weighted by atomic mass is 10.00. The Bertz CT molecular complexity index is 768. The fourth-order valence-electron chi connectivity index (χ4n) is 3.40. The molecule has 0 aliphatic heterocycles. The van der Waals surface area contributed by atoms with Gasteiger partial charge in [0.1, 0.15) is 0 Å². The van der Waals surface area contributed by atoms with Crippen LogP contribution >= 0.6 is 0 Å². The van der Waals surface area contributed by atoms with Crippen LogP contribution in [0.2, 0.25) is 0 Å². The second-order valence-corrected chi connectivity index (χ2v) is 6.27. The Labute approximate surface area is 142 Å². The van der Waals surface area contributed by atoms with E-state index in [1.165, 1.54) is 16.5 Å². The topological polar surface area (TPSA) is 55.4 Å². The number of benzene rings is 2. The molecule has 4 nitrogen and oxygen atoms in total. The van der Waals surface area contributed by atoms with E-state index >= 15 is 0 Å². The molecule has 0 spiro atoms. The number of nitrogens with one attached hydrogen (secondary N) is 1. The fraction of sp³-hybridized carbons (Fsp3) is 0.400. The first-order chi connectivity index (χ1) is 11.6. The van der Waals surface area contributed by atoms with Crippen molar-refractivity contribution in [1.82, 2.24) is 5.32 Å². The summed E-state index contributed by atoms with van der Waals surface area (Å²) in [5.74, 6) is -0.687. The van der Waals surface area contributed by atoms with Gasteiger partial charge in [0.25, 0.3) is 5.91 Å². The van der Waals surface area contributed by atoms with E-state index in [-0.39, 0.29) is 18.6 Å². The maximum atomic E-state index is 12.4. The van der Waals surface area contributed by atoms with Gasteiger partial charge in [-0.2, -0.15) is 0 Å². The summed E-state index contributed by atoms with van der Waals surface area (Å²) < 4.78 is 5.24. The lowest BCUT2D eigenvalue weighted by molar-refractivity contribution is -0.125. The van der Waals surface area contributed by atoms with Crippen molar-refractivity contribution in [2.75, 3.05) is 6.61 Å². The number of carbonyl (C=O) groups is 2. The number of hydrogen-bond donors (Lipinski definition) is 1. The number of esters is 1. The van der Waals surface area contributed by atoms with Crippen molar-refractivity contribution < 1.29 is 14.3 Å². The fourth-order valence-corrected chi connectivity index (χ4v) is 3.40. The minimum absolute atomic E-state index is 0.132. The molecule has 2 aromatic carbocycles. The highest BCUT2D eigenvalue weighted by Crippen LogP contribution is 2.32. The minimum Gasteiger partial charge on any atom is -0.452 e. The van der Waals surface area contributed by atoms with Gasteiger partial charge in [0, 0.05) is 6.04 Å². The number of rotatable bonds is 6. The lowest BCUT2D eigenvalue weighted by Gasteiger charge is -2.15. The molecule has 1 N–H and O–H groups in total. The van der Waals surface area contributed by atoms with Gasteiger partial charge in [-0.3, -0.25) is 4.79 Å². The van der Waals surface area contributed by atoms with Crippen molar-refractivity contribution in [2.45, 2.75) is 45.6 Å². The van der Waals surface area contributed by atoms with Gasteiger partial charge in [-0.25, -0.2) is 4.79 Å². The van der Waals surface area contributed by atoms with Crippen molar-refractivity contribution >= 4 is 22.6 Å². The molecule has 0 radical (unpaired) electrons. The van der Waals surface area contributed by atoms with Crippen LogP contribution in [0.3, 0.4) is 0 Å². The van der Waals surface area contributed by atoms with Gasteiger partial charge in [-0.05, 0) is 53.6 Å². The van der Waals surface area contributed by atoms with Crippen LogP contribution in [0.1, 0.15) is 48.2 Å². The minimum atomic E-state index is -0.440. The average molecular weight is 325 g/mol. The largest absolute Gasteiger partial charge is 0.452 e. The third-order valence-corrected chi connectivity index (χ3v) is 4.78. The Morgan fingerprint density at radius 3 is 2.50 bits per heavy atom. The van der Waals surface area contributed by atoms with Crippen molar-refractivity contribution in [2.24, 2.45) is 0 Å². The monoisotopic (exact) mass is 325 g/mol. The normalized spacial score (nSPS) is 12.6. The number of ether oxygens (including phenoxy) is 1. The predicted molar refractivity (Wildman–Crippen MR) is 94.2 cm³/mol. The van der Waals surface area contributed by atoms with Crippen LogP contribution in [0, 0.1) is 0 Å². The Morgan fingerprint density at radius 1 is 1.08 bits per heavy atom. The first kappa shape index (κ1) is 16.5. The molecule has 0 unspecified atom stereocenters. The Kier molecular flexibility index (Phi) is 4.84. The standard InChI is InChI=1S/C20H23NO3/c1-3-15(4-2)21-18(22)12-24-20(23)17-11-10-14-9-8-13-6-5-7-16(17)19(13)14/h5-7,10-11,15H,3-4,8-9,12H2,1-2H3,(H,21,22). The molecule has 24 heavy (non-hydrogen) atoms. The maximum Gasteiger partial charge on any atom is 0.339 e. The molecule has 2 aromatic rings. The molecular formula is C20H23NO3. The van der Waals surface area contributed by atoms with Crippen molar-refractivity contribution in [3.05, 3.63) is 47.0 Å². The third kappa shape index (κ3) is 3.14. The number of amides is 1. The molecule has 0 heterocycles. The van der Waals surface area contributed by atoms with Crippen LogP contribution < -0.4 is 5.32 Å². The molecule has 1 aliphatic rings. The summed E-state index contributed by atoms with van der Waals surface area (Å²) in [5, 5.41) is 4.97. The van der Waals surface area contributed by atoms with E-state index in [0.717, 1.165) is 31.1 Å². The van der Waals surface area contributed by atoms with Crippen LogP contribution in [0.5, 0.6) is 0 Å². The van der Waals surface area contributed by atoms with E-state index in [1.54, 1.807) is 0 Å². The SMILES string of the molecule is CCC(CC)NC(=O)COC(=O)c1ccc2c3c(cccc13)CC2. The summed E-state index contributed by atoms with van der Waals surface area (Å²) in [4.78, 5) is 24.3. The molecule has 0 atom stereocenters. The second kappa shape index (κ2) is 7.04. The van der Waals surface area contributed by atoms with Crippen LogP contribution in [0.4, 0.5) is 0 Å². The molecule has 126 valence electrons. The molecule has 0 fully saturated rings. The van der Waals surface area contributed by atoms with Gasteiger partial charge >= 0.3 is 5.97 Å². The summed E-state index contributed by atoms with van der Waals surface area (Å²) >= 11 is 0. The van der Waals surface area contributed by atoms with Gasteiger partial charge < -0.3 is 10.1 Å². The van der Waals surface area contributed by atoms with Crippen molar-refractivity contribution in [3.63, 3.8) is 0 Å². The van der Waals surface area contributed by atoms with Gasteiger partial charge in [-0.1, -0.05) is 38.1 Å². The van der Waals surface area contributed by atoms with Crippen LogP contribution in [0.25, 0.3) is 10.8 Å². The molecule has 0 saturated carbocycles. The van der Waals surface area contributed by atoms with E-state index in [1.807, 2.05) is 38.1 Å². The lowest BCUT2D eigenvalue weighted by Crippen LogP contribution is -2.36. The Hall–Kier alpha value is -2.36. The van der Waals surface area contributed by atoms with E-state index in [0.29, 0.717) is 5.56 Å². The summed E-state index contributed by atoms with van der Waals surface area (Å²) in [5.41, 5.74) is 3.10. The molecule has 4 heteroatoms. The maximum absolute atomic E-state index is 12.4. The molecular weight excluding hydrogens is 302 g/mol. The highest BCUT2D eigenvalue weighted by Gasteiger charge is 2.20. The summed E-state index contributed by atoms with van der Waals surface area (Å²) in [6.07, 6.45) is 3.77. The zero-order valence-corrected chi connectivity index (χ0v) is 14.2. The third-order valence-electron chi connectivity index (χ3n) is 4.78. The molecule has 3 rings (SSSR count). The van der Waals surface area contributed by atoms with Crippen molar-refractivity contribution in [1.29, 1.82) is 0 Å². The highest BCUT2D eigenvalue weighted by molar-refractivity contribution is 6.07. The summed E-state index contributed by atoms with van der Waals surface area (Å²) in [7, 11) is 0. The van der Waals surface area contributed by atoms with Crippen molar-refractivity contribution in [3.8, 4) is 0 Å². The highest BCUT2D eigenvalue weighted by atomic mass is 16.5. The number of aryl methyl sites for hydroxylation is 2. The average Bonchev–Trinajstić information content (AvgIpc) is 3.03. The van der Waals surface area contributed by atoms with E-state index in [2.05, 4.69) is 11.4 Å². The molecule has 0 bridgehead atoms. The number of hydrogen-bond acceptors (Lipinski definition) is 3. The van der Waals surface area contributed by atoms with Crippen LogP contribution in [-0.4, -0.2) is 24.5 Å². The smallest absolute Gasteiger partial charge is 0.339 e. The van der Waals surface area contributed by atoms with E-state index in [9.17, 15) is 9.59 Å². The first-order valence-corrected chi connectivity index (χ1v) is 8.64. The van der Waals surface area contributed by atoms with Gasteiger partial charge in [-0.15, -0.1) is 0 Å². The molecule has 0 saturated heterocycles. The summed E-state index contributed by atoms with van der Waals surface area (Å²) in [6.45, 7) is 3.80. The predicted octanol–water partition coefficient (Wildman–Crippen LogP) is 3.40. The zero-order valence-electron chi connectivity index (χ0n) is 14.2. The van der Waals surface area contributed by atoms with Gasteiger partial charge in [0.15, 0.2) is 6.61 Å². The van der Waals surface area contributed by atoms with Crippen LogP contribution in [-0.2, 0) is 22.4 Å². The molecule has 0 aromatic heterocycles. The molecule has 1 aliphatic carbocycles. The first-order valence-electron chi connectivity index (χ1n) is 8.64. The summed E-state index contributed by atoms with van der Waals surface area (Å²) in [6, 6.07) is 9.98. The Morgan fingerprint density at radius 2 is 1.79 bits per heavy atom. The van der Waals surface area contributed by atoms with Crippen LogP contribution in [0.15, 0.2) is 30.3 Å². The van der Waals surface area contributed by atoms with Gasteiger partial charge in [0.05, 0.1) is 5.56 Å². The van der Waals surface area contributed by atoms with E-state index in [4.69, 9.17) is 4.74 Å². The quantitative estimate of drug-likeness (QED) is 0.828. The second-order valence-electron chi connectivity index (χ2n) is 6.27. The molecule has 1 amide bonds. The Balaban J connectivity index is 1.73. The van der Waals surface area contributed by atoms with E-state index < -0.39 is 5.97 Å². The van der Waals surface area contributed by atoms with Gasteiger partial charge in [0.2, 0.25) is 0 Å². The number of carbonyl (C=O) groups excluding carboxylic acids is 2. The zero-order chi connectivity index (χ0) is 17.1.